The summed E-state index contributed by atoms with van der Waals surface area (Å²) < 4.78 is 9.84. The third-order valence-corrected chi connectivity index (χ3v) is 2.29. The molecule has 0 aliphatic rings. The highest BCUT2D eigenvalue weighted by Crippen LogP contribution is 2.22. The smallest absolute Gasteiger partial charge is 0.341 e. The Morgan fingerprint density at radius 2 is 2.19 bits per heavy atom. The van der Waals surface area contributed by atoms with E-state index in [2.05, 4.69) is 0 Å². The Morgan fingerprint density at radius 1 is 1.44 bits per heavy atom. The average Bonchev–Trinajstić information content (AvgIpc) is 2.24. The van der Waals surface area contributed by atoms with Crippen LogP contribution in [0.1, 0.15) is 16.8 Å². The Labute approximate surface area is 99.3 Å². The van der Waals surface area contributed by atoms with E-state index < -0.39 is 5.97 Å². The standard InChI is InChI=1S/C11H14ClNO3/c1-15-6-3-7-16-11(14)10-8(12)4-2-5-9(10)13/h2,4-5H,3,6-7,13H2,1H3. The molecule has 0 heterocycles. The fourth-order valence-electron chi connectivity index (χ4n) is 1.20. The molecule has 88 valence electrons. The molecule has 4 nitrogen and oxygen atoms in total. The van der Waals surface area contributed by atoms with Crippen LogP contribution in [0, 0.1) is 0 Å². The van der Waals surface area contributed by atoms with Crippen molar-refractivity contribution in [2.75, 3.05) is 26.1 Å². The SMILES string of the molecule is COCCCOC(=O)c1c(N)cccc1Cl. The Morgan fingerprint density at radius 3 is 2.81 bits per heavy atom. The second kappa shape index (κ2) is 6.35. The molecule has 0 radical (unpaired) electrons. The van der Waals surface area contributed by atoms with Gasteiger partial charge in [-0.1, -0.05) is 17.7 Å². The third-order valence-electron chi connectivity index (χ3n) is 1.98. The Bertz CT molecular complexity index is 348. The van der Waals surface area contributed by atoms with E-state index in [1.54, 1.807) is 25.3 Å². The molecular formula is C11H14ClNO3. The predicted molar refractivity (Wildman–Crippen MR) is 62.6 cm³/mol. The monoisotopic (exact) mass is 243 g/mol. The van der Waals surface area contributed by atoms with Gasteiger partial charge in [0, 0.05) is 25.8 Å². The molecule has 1 aromatic rings. The molecule has 0 saturated heterocycles. The van der Waals surface area contributed by atoms with E-state index >= 15 is 0 Å². The van der Waals surface area contributed by atoms with Gasteiger partial charge in [-0.3, -0.25) is 0 Å². The number of methoxy groups -OCH3 is 1. The fraction of sp³-hybridized carbons (Fsp3) is 0.364. The lowest BCUT2D eigenvalue weighted by molar-refractivity contribution is 0.0470. The molecule has 16 heavy (non-hydrogen) atoms. The van der Waals surface area contributed by atoms with Gasteiger partial charge in [0.2, 0.25) is 0 Å². The molecule has 5 heteroatoms. The van der Waals surface area contributed by atoms with Gasteiger partial charge >= 0.3 is 5.97 Å². The zero-order valence-electron chi connectivity index (χ0n) is 9.03. The molecule has 1 aromatic carbocycles. The van der Waals surface area contributed by atoms with Crippen LogP contribution in [0.25, 0.3) is 0 Å². The quantitative estimate of drug-likeness (QED) is 0.489. The van der Waals surface area contributed by atoms with E-state index in [1.807, 2.05) is 0 Å². The minimum Gasteiger partial charge on any atom is -0.462 e. The topological polar surface area (TPSA) is 61.5 Å². The third kappa shape index (κ3) is 3.40. The van der Waals surface area contributed by atoms with Gasteiger partial charge in [-0.2, -0.15) is 0 Å². The summed E-state index contributed by atoms with van der Waals surface area (Å²) in [6.45, 7) is 0.836. The van der Waals surface area contributed by atoms with Gasteiger partial charge in [-0.25, -0.2) is 4.79 Å². The van der Waals surface area contributed by atoms with Crippen LogP contribution in [0.3, 0.4) is 0 Å². The number of benzene rings is 1. The number of nitrogens with two attached hydrogens (primary N) is 1. The second-order valence-electron chi connectivity index (χ2n) is 3.19. The van der Waals surface area contributed by atoms with E-state index in [0.29, 0.717) is 23.7 Å². The van der Waals surface area contributed by atoms with Crippen LogP contribution in [-0.4, -0.2) is 26.3 Å². The zero-order chi connectivity index (χ0) is 12.0. The molecule has 0 atom stereocenters. The first-order chi connectivity index (χ1) is 7.66. The van der Waals surface area contributed by atoms with Crippen LogP contribution in [0.4, 0.5) is 5.69 Å². The minimum atomic E-state index is -0.501. The van der Waals surface area contributed by atoms with Gasteiger partial charge in [0.05, 0.1) is 11.6 Å². The molecule has 0 spiro atoms. The number of hydrogen-bond acceptors (Lipinski definition) is 4. The van der Waals surface area contributed by atoms with Crippen molar-refractivity contribution in [3.05, 3.63) is 28.8 Å². The van der Waals surface area contributed by atoms with E-state index in [-0.39, 0.29) is 12.2 Å². The van der Waals surface area contributed by atoms with Crippen LogP contribution in [-0.2, 0) is 9.47 Å². The fourth-order valence-corrected chi connectivity index (χ4v) is 1.46. The van der Waals surface area contributed by atoms with Crippen molar-refractivity contribution < 1.29 is 14.3 Å². The van der Waals surface area contributed by atoms with Crippen LogP contribution < -0.4 is 5.73 Å². The Hall–Kier alpha value is -1.26. The van der Waals surface area contributed by atoms with Crippen LogP contribution >= 0.6 is 11.6 Å². The van der Waals surface area contributed by atoms with E-state index in [0.717, 1.165) is 0 Å². The maximum atomic E-state index is 11.6. The number of nitrogen functional groups attached to an aromatic ring is 1. The predicted octanol–water partition coefficient (Wildman–Crippen LogP) is 2.12. The second-order valence-corrected chi connectivity index (χ2v) is 3.59. The molecule has 0 saturated carbocycles. The lowest BCUT2D eigenvalue weighted by Crippen LogP contribution is -2.10. The van der Waals surface area contributed by atoms with Gasteiger partial charge in [0.15, 0.2) is 0 Å². The first-order valence-electron chi connectivity index (χ1n) is 4.87. The Kier molecular flexibility index (Phi) is 5.08. The number of halogens is 1. The molecule has 1 rings (SSSR count). The van der Waals surface area contributed by atoms with Crippen molar-refractivity contribution >= 4 is 23.3 Å². The molecule has 0 unspecified atom stereocenters. The highest BCUT2D eigenvalue weighted by molar-refractivity contribution is 6.34. The van der Waals surface area contributed by atoms with Gasteiger partial charge in [-0.05, 0) is 12.1 Å². The number of carbonyl (C=O) groups excluding carboxylic acids is 1. The normalized spacial score (nSPS) is 10.1. The number of esters is 1. The van der Waals surface area contributed by atoms with Crippen molar-refractivity contribution in [1.29, 1.82) is 0 Å². The molecule has 0 aliphatic heterocycles. The summed E-state index contributed by atoms with van der Waals surface area (Å²) in [5, 5.41) is 0.303. The molecule has 0 aromatic heterocycles. The summed E-state index contributed by atoms with van der Waals surface area (Å²) >= 11 is 5.86. The molecule has 2 N–H and O–H groups in total. The van der Waals surface area contributed by atoms with Crippen molar-refractivity contribution in [2.24, 2.45) is 0 Å². The summed E-state index contributed by atoms with van der Waals surface area (Å²) in [6.07, 6.45) is 0.645. The van der Waals surface area contributed by atoms with E-state index in [4.69, 9.17) is 26.8 Å². The summed E-state index contributed by atoms with van der Waals surface area (Å²) in [6, 6.07) is 4.89. The number of carbonyl (C=O) groups is 1. The molecule has 0 bridgehead atoms. The summed E-state index contributed by atoms with van der Waals surface area (Å²) in [5.41, 5.74) is 6.19. The van der Waals surface area contributed by atoms with Crippen LogP contribution in [0.2, 0.25) is 5.02 Å². The van der Waals surface area contributed by atoms with Crippen molar-refractivity contribution in [1.82, 2.24) is 0 Å². The Balaban J connectivity index is 2.59. The molecule has 0 aliphatic carbocycles. The van der Waals surface area contributed by atoms with Crippen LogP contribution in [0.5, 0.6) is 0 Å². The molecule has 0 fully saturated rings. The summed E-state index contributed by atoms with van der Waals surface area (Å²) in [5.74, 6) is -0.501. The van der Waals surface area contributed by atoms with Crippen molar-refractivity contribution in [3.63, 3.8) is 0 Å². The summed E-state index contributed by atoms with van der Waals surface area (Å²) in [7, 11) is 1.59. The zero-order valence-corrected chi connectivity index (χ0v) is 9.79. The average molecular weight is 244 g/mol. The van der Waals surface area contributed by atoms with Gasteiger partial charge in [-0.15, -0.1) is 0 Å². The first kappa shape index (κ1) is 12.8. The number of hydrogen-bond donors (Lipinski definition) is 1. The molecular weight excluding hydrogens is 230 g/mol. The number of rotatable bonds is 5. The van der Waals surface area contributed by atoms with Gasteiger partial charge < -0.3 is 15.2 Å². The van der Waals surface area contributed by atoms with Crippen LogP contribution in [0.15, 0.2) is 18.2 Å². The number of anilines is 1. The first-order valence-corrected chi connectivity index (χ1v) is 5.24. The maximum Gasteiger partial charge on any atom is 0.341 e. The lowest BCUT2D eigenvalue weighted by atomic mass is 10.2. The van der Waals surface area contributed by atoms with Gasteiger partial charge in [0.1, 0.15) is 5.56 Å². The van der Waals surface area contributed by atoms with Gasteiger partial charge in [0.25, 0.3) is 0 Å². The highest BCUT2D eigenvalue weighted by atomic mass is 35.5. The lowest BCUT2D eigenvalue weighted by Gasteiger charge is -2.08. The maximum absolute atomic E-state index is 11.6. The minimum absolute atomic E-state index is 0.224. The molecule has 0 amide bonds. The van der Waals surface area contributed by atoms with E-state index in [9.17, 15) is 4.79 Å². The van der Waals surface area contributed by atoms with Crippen molar-refractivity contribution in [3.8, 4) is 0 Å². The summed E-state index contributed by atoms with van der Waals surface area (Å²) in [4.78, 5) is 11.6. The number of ether oxygens (including phenoxy) is 2. The highest BCUT2D eigenvalue weighted by Gasteiger charge is 2.14. The van der Waals surface area contributed by atoms with E-state index in [1.165, 1.54) is 0 Å². The van der Waals surface area contributed by atoms with Crippen molar-refractivity contribution in [2.45, 2.75) is 6.42 Å². The largest absolute Gasteiger partial charge is 0.462 e.